The standard InChI is InChI=1S/C58H34N2/c1-33-27-39(48-29-35(31-59)23-24-38(48)32-60)28-34(2)51(33)44-25-26-47-54-43(44)20-12-22-46(54)57-52(36-13-5-3-6-14-36)50-30-49-41-18-10-9-17-40(41)42-19-11-21-45(55(42)49)56(50)53(58(47)57)37-15-7-4-8-16-37/h3-30H,1-2H3. The van der Waals surface area contributed by atoms with Crippen molar-refractivity contribution >= 4 is 75.4 Å². The van der Waals surface area contributed by atoms with E-state index in [0.717, 1.165) is 22.3 Å². The zero-order chi connectivity index (χ0) is 40.2. The predicted molar refractivity (Wildman–Crippen MR) is 252 cm³/mol. The van der Waals surface area contributed by atoms with Crippen LogP contribution in [0.15, 0.2) is 170 Å². The van der Waals surface area contributed by atoms with Crippen LogP contribution in [0.2, 0.25) is 0 Å². The van der Waals surface area contributed by atoms with Crippen molar-refractivity contribution in [2.75, 3.05) is 0 Å². The summed E-state index contributed by atoms with van der Waals surface area (Å²) in [4.78, 5) is 0. The summed E-state index contributed by atoms with van der Waals surface area (Å²) < 4.78 is 0. The third kappa shape index (κ3) is 4.62. The zero-order valence-corrected chi connectivity index (χ0v) is 33.1. The Hall–Kier alpha value is -8.04. The SMILES string of the molecule is Cc1cc(-c2cc(C#N)ccc2C#N)cc(C)c1-c1ccc2c3c(-c4ccccc4)c4c(cc5c6ccccc6c6cccc4c65)c(-c4ccccc4)c3c3cccc1c32. The highest BCUT2D eigenvalue weighted by Gasteiger charge is 2.27. The molecule has 0 bridgehead atoms. The van der Waals surface area contributed by atoms with Crippen molar-refractivity contribution in [2.24, 2.45) is 0 Å². The number of hydrogen-bond donors (Lipinski definition) is 0. The lowest BCUT2D eigenvalue weighted by molar-refractivity contribution is 1.37. The molecule has 2 nitrogen and oxygen atoms in total. The Morgan fingerprint density at radius 3 is 1.55 bits per heavy atom. The minimum Gasteiger partial charge on any atom is -0.192 e. The van der Waals surface area contributed by atoms with Crippen LogP contribution in [-0.2, 0) is 0 Å². The molecule has 0 fully saturated rings. The Morgan fingerprint density at radius 2 is 0.867 bits per heavy atom. The van der Waals surface area contributed by atoms with Gasteiger partial charge in [0, 0.05) is 5.56 Å². The molecule has 0 saturated carbocycles. The molecule has 0 aromatic heterocycles. The Morgan fingerprint density at radius 1 is 0.317 bits per heavy atom. The molecule has 0 atom stereocenters. The predicted octanol–water partition coefficient (Wildman–Crippen LogP) is 15.7. The van der Waals surface area contributed by atoms with Crippen LogP contribution in [0, 0.1) is 36.5 Å². The molecule has 60 heavy (non-hydrogen) atoms. The molecule has 0 aliphatic carbocycles. The summed E-state index contributed by atoms with van der Waals surface area (Å²) in [5, 5.41) is 37.6. The molecule has 0 saturated heterocycles. The van der Waals surface area contributed by atoms with E-state index in [1.165, 1.54) is 109 Å². The maximum Gasteiger partial charge on any atom is 0.0998 e. The van der Waals surface area contributed by atoms with Crippen molar-refractivity contribution in [3.05, 3.63) is 192 Å². The van der Waals surface area contributed by atoms with E-state index in [0.29, 0.717) is 11.1 Å². The molecule has 0 radical (unpaired) electrons. The highest BCUT2D eigenvalue weighted by molar-refractivity contribution is 6.45. The van der Waals surface area contributed by atoms with Gasteiger partial charge in [0.05, 0.1) is 23.3 Å². The molecule has 276 valence electrons. The second-order valence-electron chi connectivity index (χ2n) is 16.2. The van der Waals surface area contributed by atoms with Crippen molar-refractivity contribution in [3.8, 4) is 56.6 Å². The molecular formula is C58H34N2. The topological polar surface area (TPSA) is 47.6 Å². The Bertz CT molecular complexity index is 3820. The van der Waals surface area contributed by atoms with Crippen molar-refractivity contribution < 1.29 is 0 Å². The maximum atomic E-state index is 10.00. The lowest BCUT2D eigenvalue weighted by Gasteiger charge is -2.19. The van der Waals surface area contributed by atoms with Crippen molar-refractivity contribution in [3.63, 3.8) is 0 Å². The minimum atomic E-state index is 0.541. The second-order valence-corrected chi connectivity index (χ2v) is 16.2. The van der Waals surface area contributed by atoms with E-state index in [2.05, 4.69) is 178 Å². The summed E-state index contributed by atoms with van der Waals surface area (Å²) >= 11 is 0. The van der Waals surface area contributed by atoms with Crippen LogP contribution < -0.4 is 0 Å². The third-order valence-corrected chi connectivity index (χ3v) is 13.0. The second kappa shape index (κ2) is 12.7. The Labute approximate surface area is 347 Å². The highest BCUT2D eigenvalue weighted by atomic mass is 14.3. The van der Waals surface area contributed by atoms with Gasteiger partial charge in [-0.25, -0.2) is 0 Å². The zero-order valence-electron chi connectivity index (χ0n) is 33.1. The van der Waals surface area contributed by atoms with Crippen molar-refractivity contribution in [2.45, 2.75) is 13.8 Å². The summed E-state index contributed by atoms with van der Waals surface area (Å²) in [6, 6.07) is 66.0. The van der Waals surface area contributed by atoms with Gasteiger partial charge in [0.2, 0.25) is 0 Å². The minimum absolute atomic E-state index is 0.541. The molecule has 0 aliphatic rings. The molecule has 12 aromatic carbocycles. The largest absolute Gasteiger partial charge is 0.192 e. The lowest BCUT2D eigenvalue weighted by atomic mass is 9.84. The first-order valence-electron chi connectivity index (χ1n) is 20.5. The monoisotopic (exact) mass is 758 g/mol. The van der Waals surface area contributed by atoms with Crippen LogP contribution in [0.25, 0.3) is 120 Å². The fourth-order valence-electron chi connectivity index (χ4n) is 10.7. The quantitative estimate of drug-likeness (QED) is 0.168. The van der Waals surface area contributed by atoms with Crippen LogP contribution in [-0.4, -0.2) is 0 Å². The number of fused-ring (bicyclic) bond motifs is 8. The van der Waals surface area contributed by atoms with Gasteiger partial charge in [-0.2, -0.15) is 10.5 Å². The molecule has 0 N–H and O–H groups in total. The van der Waals surface area contributed by atoms with E-state index in [4.69, 9.17) is 0 Å². The van der Waals surface area contributed by atoms with Gasteiger partial charge in [0.25, 0.3) is 0 Å². The van der Waals surface area contributed by atoms with Gasteiger partial charge < -0.3 is 0 Å². The molecule has 12 aromatic rings. The third-order valence-electron chi connectivity index (χ3n) is 13.0. The van der Waals surface area contributed by atoms with Crippen LogP contribution >= 0.6 is 0 Å². The summed E-state index contributed by atoms with van der Waals surface area (Å²) in [7, 11) is 0. The number of nitriles is 2. The summed E-state index contributed by atoms with van der Waals surface area (Å²) in [5.74, 6) is 0. The molecule has 0 amide bonds. The number of benzene rings is 10. The molecule has 0 heterocycles. The maximum absolute atomic E-state index is 10.00. The average Bonchev–Trinajstić information content (AvgIpc) is 3.80. The van der Waals surface area contributed by atoms with Gasteiger partial charge in [-0.15, -0.1) is 0 Å². The molecule has 2 heteroatoms. The molecule has 0 unspecified atom stereocenters. The van der Waals surface area contributed by atoms with Crippen LogP contribution in [0.3, 0.4) is 0 Å². The van der Waals surface area contributed by atoms with E-state index in [1.54, 1.807) is 12.1 Å². The average molecular weight is 759 g/mol. The van der Waals surface area contributed by atoms with E-state index >= 15 is 0 Å². The Kier molecular flexibility index (Phi) is 7.22. The number of aryl methyl sites for hydroxylation is 2. The van der Waals surface area contributed by atoms with Gasteiger partial charge >= 0.3 is 0 Å². The van der Waals surface area contributed by atoms with Crippen LogP contribution in [0.5, 0.6) is 0 Å². The van der Waals surface area contributed by atoms with Crippen LogP contribution in [0.1, 0.15) is 22.3 Å². The first kappa shape index (κ1) is 34.0. The van der Waals surface area contributed by atoms with Crippen LogP contribution in [0.4, 0.5) is 0 Å². The van der Waals surface area contributed by atoms with Gasteiger partial charge in [0.1, 0.15) is 0 Å². The van der Waals surface area contributed by atoms with Crippen molar-refractivity contribution in [1.29, 1.82) is 10.5 Å². The highest BCUT2D eigenvalue weighted by Crippen LogP contribution is 2.55. The molecule has 12 rings (SSSR count). The number of nitrogens with zero attached hydrogens (tertiary/aromatic N) is 2. The van der Waals surface area contributed by atoms with E-state index < -0.39 is 0 Å². The normalized spacial score (nSPS) is 11.8. The van der Waals surface area contributed by atoms with E-state index in [-0.39, 0.29) is 0 Å². The summed E-state index contributed by atoms with van der Waals surface area (Å²) in [5.41, 5.74) is 12.4. The number of rotatable bonds is 4. The van der Waals surface area contributed by atoms with Gasteiger partial charge in [-0.1, -0.05) is 146 Å². The van der Waals surface area contributed by atoms with Gasteiger partial charge in [-0.05, 0) is 164 Å². The molecule has 0 spiro atoms. The van der Waals surface area contributed by atoms with E-state index in [1.807, 2.05) is 6.07 Å². The Balaban J connectivity index is 1.25. The summed E-state index contributed by atoms with van der Waals surface area (Å²) in [6.07, 6.45) is 0. The van der Waals surface area contributed by atoms with Gasteiger partial charge in [-0.3, -0.25) is 0 Å². The fourth-order valence-corrected chi connectivity index (χ4v) is 10.7. The number of hydrogen-bond acceptors (Lipinski definition) is 2. The smallest absolute Gasteiger partial charge is 0.0998 e. The van der Waals surface area contributed by atoms with Gasteiger partial charge in [0.15, 0.2) is 0 Å². The van der Waals surface area contributed by atoms with Crippen molar-refractivity contribution in [1.82, 2.24) is 0 Å². The fraction of sp³-hybridized carbons (Fsp3) is 0.0345. The lowest BCUT2D eigenvalue weighted by Crippen LogP contribution is -1.94. The first-order valence-corrected chi connectivity index (χ1v) is 20.5. The molecular weight excluding hydrogens is 725 g/mol. The first-order chi connectivity index (χ1) is 29.5. The summed E-state index contributed by atoms with van der Waals surface area (Å²) in [6.45, 7) is 4.33. The van der Waals surface area contributed by atoms with E-state index in [9.17, 15) is 10.5 Å². The molecule has 0 aliphatic heterocycles.